The third-order valence-corrected chi connectivity index (χ3v) is 11.4. The van der Waals surface area contributed by atoms with E-state index in [1.54, 1.807) is 12.1 Å². The number of likely N-dealkylation sites (tertiary alicyclic amines) is 1. The lowest BCUT2D eigenvalue weighted by atomic mass is 9.49. The third kappa shape index (κ3) is 5.72. The van der Waals surface area contributed by atoms with E-state index in [9.17, 15) is 24.3 Å². The molecule has 4 amide bonds. The van der Waals surface area contributed by atoms with Crippen LogP contribution in [0.1, 0.15) is 68.1 Å². The van der Waals surface area contributed by atoms with Crippen LogP contribution in [-0.2, 0) is 29.4 Å². The summed E-state index contributed by atoms with van der Waals surface area (Å²) in [5.74, 6) is -5.56. The monoisotopic (exact) mass is 705 g/mol. The zero-order valence-corrected chi connectivity index (χ0v) is 29.3. The number of nitrogens with one attached hydrogen (secondary N) is 1. The molecular weight excluding hydrogens is 662 g/mol. The number of benzene rings is 3. The molecule has 4 aliphatic rings. The zero-order chi connectivity index (χ0) is 36.7. The van der Waals surface area contributed by atoms with Crippen molar-refractivity contribution in [2.24, 2.45) is 23.7 Å². The van der Waals surface area contributed by atoms with Crippen LogP contribution >= 0.6 is 0 Å². The number of carbonyl (C=O) groups is 5. The number of fused-ring (bicyclic) bond motifs is 4. The largest absolute Gasteiger partial charge is 0.504 e. The highest BCUT2D eigenvalue weighted by Gasteiger charge is 2.70. The average molecular weight is 706 g/mol. The number of allylic oxidation sites excluding steroid dienone is 2. The molecule has 270 valence electrons. The molecule has 3 N–H and O–H groups in total. The molecule has 3 fully saturated rings. The smallest absolute Gasteiger partial charge is 0.303 e. The minimum Gasteiger partial charge on any atom is -0.504 e. The molecule has 11 nitrogen and oxygen atoms in total. The number of amides is 4. The van der Waals surface area contributed by atoms with Crippen LogP contribution in [0.3, 0.4) is 0 Å². The topological polar surface area (TPSA) is 154 Å². The van der Waals surface area contributed by atoms with Crippen LogP contribution in [0.25, 0.3) is 0 Å². The first-order valence-electron chi connectivity index (χ1n) is 18.1. The van der Waals surface area contributed by atoms with Gasteiger partial charge in [0.1, 0.15) is 0 Å². The van der Waals surface area contributed by atoms with Gasteiger partial charge in [-0.3, -0.25) is 34.3 Å². The van der Waals surface area contributed by atoms with Gasteiger partial charge in [0.25, 0.3) is 11.8 Å². The summed E-state index contributed by atoms with van der Waals surface area (Å²) < 4.78 is 5.81. The van der Waals surface area contributed by atoms with Crippen molar-refractivity contribution in [3.63, 3.8) is 0 Å². The Bertz CT molecular complexity index is 1940. The number of ether oxygens (including phenoxy) is 1. The fraction of sp³-hybridized carbons (Fsp3) is 0.390. The summed E-state index contributed by atoms with van der Waals surface area (Å²) in [6.07, 6.45) is 4.02. The minimum atomic E-state index is -1.43. The molecule has 7 rings (SSSR count). The Kier molecular flexibility index (Phi) is 9.37. The lowest BCUT2D eigenvalue weighted by molar-refractivity contribution is -0.141. The van der Waals surface area contributed by atoms with E-state index < -0.39 is 52.8 Å². The number of hydrogen-bond acceptors (Lipinski definition) is 8. The van der Waals surface area contributed by atoms with Crippen molar-refractivity contribution in [1.29, 1.82) is 0 Å². The van der Waals surface area contributed by atoms with Gasteiger partial charge in [0.2, 0.25) is 11.8 Å². The lowest BCUT2D eigenvalue weighted by Gasteiger charge is -2.50. The highest BCUT2D eigenvalue weighted by Crippen LogP contribution is 2.64. The van der Waals surface area contributed by atoms with E-state index in [-0.39, 0.29) is 49.3 Å². The maximum absolute atomic E-state index is 15.3. The van der Waals surface area contributed by atoms with Gasteiger partial charge in [0.05, 0.1) is 35.5 Å². The summed E-state index contributed by atoms with van der Waals surface area (Å²) in [4.78, 5) is 70.4. The second-order valence-electron chi connectivity index (χ2n) is 14.3. The van der Waals surface area contributed by atoms with Gasteiger partial charge in [-0.2, -0.15) is 5.01 Å². The number of hydrazine groups is 1. The molecule has 0 bridgehead atoms. The average Bonchev–Trinajstić information content (AvgIpc) is 3.51. The number of carbonyl (C=O) groups excluding carboxylic acids is 4. The van der Waals surface area contributed by atoms with E-state index >= 15 is 4.79 Å². The van der Waals surface area contributed by atoms with Crippen LogP contribution in [0.2, 0.25) is 0 Å². The Morgan fingerprint density at radius 2 is 1.67 bits per heavy atom. The van der Waals surface area contributed by atoms with E-state index in [1.165, 1.54) is 11.0 Å². The van der Waals surface area contributed by atoms with E-state index in [0.29, 0.717) is 42.5 Å². The highest BCUT2D eigenvalue weighted by atomic mass is 16.5. The van der Waals surface area contributed by atoms with Crippen LogP contribution in [0, 0.1) is 30.6 Å². The van der Waals surface area contributed by atoms with Crippen LogP contribution < -0.4 is 10.2 Å². The van der Waals surface area contributed by atoms with Crippen molar-refractivity contribution >= 4 is 35.3 Å². The quantitative estimate of drug-likeness (QED) is 0.122. The Morgan fingerprint density at radius 3 is 2.38 bits per heavy atom. The summed E-state index contributed by atoms with van der Waals surface area (Å²) in [6, 6.07) is 21.7. The van der Waals surface area contributed by atoms with Crippen molar-refractivity contribution in [3.8, 4) is 11.5 Å². The molecule has 6 unspecified atom stereocenters. The first-order chi connectivity index (χ1) is 25.1. The van der Waals surface area contributed by atoms with Crippen molar-refractivity contribution in [3.05, 3.63) is 101 Å². The molecule has 11 heteroatoms. The number of phenols is 1. The lowest BCUT2D eigenvalue weighted by Crippen LogP contribution is -2.53. The van der Waals surface area contributed by atoms with Gasteiger partial charge in [-0.15, -0.1) is 0 Å². The number of phenolic OH excluding ortho intramolecular Hbond substituents is 1. The van der Waals surface area contributed by atoms with Gasteiger partial charge in [-0.05, 0) is 80.8 Å². The number of nitrogens with zero attached hydrogens (tertiary/aromatic N) is 2. The molecule has 2 aliphatic carbocycles. The first kappa shape index (κ1) is 35.0. The van der Waals surface area contributed by atoms with Gasteiger partial charge < -0.3 is 14.9 Å². The Morgan fingerprint density at radius 1 is 0.923 bits per heavy atom. The molecular formula is C41H43N3O8. The number of carboxylic acids is 1. The molecule has 0 spiro atoms. The predicted octanol–water partition coefficient (Wildman–Crippen LogP) is 5.73. The van der Waals surface area contributed by atoms with Crippen LogP contribution in [0.15, 0.2) is 84.4 Å². The zero-order valence-electron chi connectivity index (χ0n) is 29.3. The molecule has 1 saturated carbocycles. The van der Waals surface area contributed by atoms with Crippen molar-refractivity contribution in [2.75, 3.05) is 18.6 Å². The first-order valence-corrected chi connectivity index (χ1v) is 18.1. The Labute approximate surface area is 302 Å². The second-order valence-corrected chi connectivity index (χ2v) is 14.3. The highest BCUT2D eigenvalue weighted by molar-refractivity contribution is 6.13. The number of rotatable bonds is 12. The fourth-order valence-corrected chi connectivity index (χ4v) is 9.11. The van der Waals surface area contributed by atoms with Crippen LogP contribution in [-0.4, -0.2) is 62.9 Å². The molecule has 3 aromatic rings. The number of aromatic hydroxyl groups is 1. The Balaban J connectivity index is 1.35. The summed E-state index contributed by atoms with van der Waals surface area (Å²) in [6.45, 7) is 4.25. The number of anilines is 1. The number of aliphatic carboxylic acids is 1. The van der Waals surface area contributed by atoms with Crippen LogP contribution in [0.4, 0.5) is 5.69 Å². The molecule has 0 aromatic heterocycles. The Hall–Kier alpha value is -5.45. The summed E-state index contributed by atoms with van der Waals surface area (Å²) in [5, 5.41) is 20.9. The van der Waals surface area contributed by atoms with Gasteiger partial charge in [-0.1, -0.05) is 72.2 Å². The number of hydrogen-bond donors (Lipinski definition) is 3. The number of imide groups is 2. The standard InChI is InChI=1S/C41H43N3O8/c1-3-52-33-22-25(15-20-32(33)45)36-28-18-19-29-35(39(50)43(37(29)48)21-9-5-8-12-34(46)47)30(28)23-31-38(49)44(42-27-16-13-24(2)14-17-27)40(51)41(31,36)26-10-6-4-7-11-26/h4,6-7,10-11,13-18,20,22,29-31,35-36,42,45H,3,5,8-9,12,19,21,23H2,1-2H3,(H,46,47). The van der Waals surface area contributed by atoms with Gasteiger partial charge in [0.15, 0.2) is 11.5 Å². The molecule has 2 saturated heterocycles. The van der Waals surface area contributed by atoms with Crippen molar-refractivity contribution < 1.29 is 38.9 Å². The number of unbranched alkanes of at least 4 members (excludes halogenated alkanes) is 2. The normalized spacial score (nSPS) is 26.5. The molecule has 6 atom stereocenters. The maximum atomic E-state index is 15.3. The molecule has 52 heavy (non-hydrogen) atoms. The summed E-state index contributed by atoms with van der Waals surface area (Å²) >= 11 is 0. The number of aryl methyl sites for hydroxylation is 1. The molecule has 2 heterocycles. The third-order valence-electron chi connectivity index (χ3n) is 11.4. The maximum Gasteiger partial charge on any atom is 0.303 e. The van der Waals surface area contributed by atoms with E-state index in [1.807, 2.05) is 74.5 Å². The van der Waals surface area contributed by atoms with E-state index in [0.717, 1.165) is 16.1 Å². The van der Waals surface area contributed by atoms with Gasteiger partial charge in [0, 0.05) is 18.9 Å². The molecule has 0 radical (unpaired) electrons. The number of carboxylic acid groups (broad SMARTS) is 1. The van der Waals surface area contributed by atoms with Gasteiger partial charge >= 0.3 is 5.97 Å². The van der Waals surface area contributed by atoms with Crippen molar-refractivity contribution in [2.45, 2.75) is 63.7 Å². The minimum absolute atomic E-state index is 0.0270. The second kappa shape index (κ2) is 13.9. The summed E-state index contributed by atoms with van der Waals surface area (Å²) in [5.41, 5.74) is 5.39. The summed E-state index contributed by atoms with van der Waals surface area (Å²) in [7, 11) is 0. The van der Waals surface area contributed by atoms with Gasteiger partial charge in [-0.25, -0.2) is 0 Å². The van der Waals surface area contributed by atoms with Crippen molar-refractivity contribution in [1.82, 2.24) is 9.91 Å². The fourth-order valence-electron chi connectivity index (χ4n) is 9.11. The predicted molar refractivity (Wildman–Crippen MR) is 191 cm³/mol. The van der Waals surface area contributed by atoms with E-state index in [4.69, 9.17) is 9.84 Å². The molecule has 3 aromatic carbocycles. The van der Waals surface area contributed by atoms with E-state index in [2.05, 4.69) is 5.43 Å². The van der Waals surface area contributed by atoms with Crippen LogP contribution in [0.5, 0.6) is 11.5 Å². The SMILES string of the molecule is CCOc1cc(C2C3=CCC4C(=O)N(CCCCCC(=O)O)C(=O)C4C3CC3C(=O)N(Nc4ccc(C)cc4)C(=O)C32c2ccccc2)ccc1O. The molecule has 2 aliphatic heterocycles.